The molecule has 0 saturated carbocycles. The normalized spacial score (nSPS) is 17.3. The molecule has 1 N–H and O–H groups in total. The number of H-pyrrole nitrogens is 1. The molecule has 2 heterocycles. The Labute approximate surface area is 175 Å². The van der Waals surface area contributed by atoms with Crippen LogP contribution >= 0.6 is 0 Å². The number of para-hydroxylation sites is 1. The van der Waals surface area contributed by atoms with Gasteiger partial charge in [0.15, 0.2) is 11.6 Å². The van der Waals surface area contributed by atoms with E-state index >= 15 is 0 Å². The smallest absolute Gasteiger partial charge is 0.218 e. The minimum atomic E-state index is -3.45. The number of sulfonamides is 1. The second-order valence-electron chi connectivity index (χ2n) is 7.36. The highest BCUT2D eigenvalue weighted by molar-refractivity contribution is 7.88. The zero-order chi connectivity index (χ0) is 21.0. The van der Waals surface area contributed by atoms with Crippen molar-refractivity contribution in [1.29, 1.82) is 0 Å². The van der Waals surface area contributed by atoms with Gasteiger partial charge in [-0.05, 0) is 36.6 Å². The average Bonchev–Trinajstić information content (AvgIpc) is 3.39. The maximum atomic E-state index is 13.6. The number of aromatic amines is 1. The largest absolute Gasteiger partial charge is 0.490 e. The number of benzene rings is 2. The summed E-state index contributed by atoms with van der Waals surface area (Å²) in [5.74, 6) is -0.197. The summed E-state index contributed by atoms with van der Waals surface area (Å²) in [6, 6.07) is 17.1. The third-order valence-electron chi connectivity index (χ3n) is 5.21. The van der Waals surface area contributed by atoms with Crippen molar-refractivity contribution in [2.75, 3.05) is 13.2 Å². The first-order valence-corrected chi connectivity index (χ1v) is 11.6. The Kier molecular flexibility index (Phi) is 6.15. The molecule has 30 heavy (non-hydrogen) atoms. The first kappa shape index (κ1) is 20.6. The topological polar surface area (TPSA) is 75.3 Å². The molecule has 1 saturated heterocycles. The first-order valence-electron chi connectivity index (χ1n) is 9.98. The molecule has 0 aliphatic carbocycles. The molecular weight excluding hydrogens is 405 g/mol. The number of aromatic nitrogens is 2. The molecule has 3 aromatic rings. The Balaban J connectivity index is 1.40. The summed E-state index contributed by atoms with van der Waals surface area (Å²) in [4.78, 5) is 0. The summed E-state index contributed by atoms with van der Waals surface area (Å²) in [5, 5.41) is 7.31. The third-order valence-corrected chi connectivity index (χ3v) is 7.06. The summed E-state index contributed by atoms with van der Waals surface area (Å²) in [6.45, 7) is 0.793. The van der Waals surface area contributed by atoms with Crippen LogP contribution in [0.25, 0.3) is 0 Å². The average molecular weight is 430 g/mol. The van der Waals surface area contributed by atoms with Crippen molar-refractivity contribution in [3.05, 3.63) is 83.4 Å². The summed E-state index contributed by atoms with van der Waals surface area (Å²) in [5.41, 5.74) is 2.31. The molecule has 1 atom stereocenters. The van der Waals surface area contributed by atoms with Gasteiger partial charge in [-0.1, -0.05) is 42.5 Å². The van der Waals surface area contributed by atoms with Gasteiger partial charge in [0.2, 0.25) is 10.0 Å². The number of nitrogens with zero attached hydrogens (tertiary/aromatic N) is 2. The van der Waals surface area contributed by atoms with E-state index in [4.69, 9.17) is 4.74 Å². The van der Waals surface area contributed by atoms with Crippen LogP contribution in [0.4, 0.5) is 4.39 Å². The number of nitrogens with one attached hydrogen (secondary N) is 1. The van der Waals surface area contributed by atoms with Crippen LogP contribution in [0, 0.1) is 5.82 Å². The van der Waals surface area contributed by atoms with Crippen LogP contribution in [0.2, 0.25) is 0 Å². The van der Waals surface area contributed by atoms with Crippen LogP contribution in [-0.2, 0) is 22.2 Å². The maximum Gasteiger partial charge on any atom is 0.218 e. The van der Waals surface area contributed by atoms with Gasteiger partial charge in [0.05, 0.1) is 24.1 Å². The summed E-state index contributed by atoms with van der Waals surface area (Å²) in [6.07, 6.45) is 2.06. The SMILES string of the molecule is O=S(=O)(Cc1ccccc1)N1CCCC1c1cc(CCOc2ccccc2F)[nH]n1. The van der Waals surface area contributed by atoms with Gasteiger partial charge in [-0.25, -0.2) is 12.8 Å². The van der Waals surface area contributed by atoms with E-state index in [0.717, 1.165) is 24.1 Å². The molecule has 4 rings (SSSR count). The quantitative estimate of drug-likeness (QED) is 0.590. The van der Waals surface area contributed by atoms with Gasteiger partial charge in [-0.15, -0.1) is 0 Å². The number of rotatable bonds is 8. The molecule has 1 aliphatic heterocycles. The van der Waals surface area contributed by atoms with Gasteiger partial charge in [-0.3, -0.25) is 5.10 Å². The van der Waals surface area contributed by atoms with Crippen LogP contribution in [0.15, 0.2) is 60.7 Å². The fraction of sp³-hybridized carbons (Fsp3) is 0.318. The van der Waals surface area contributed by atoms with Crippen molar-refractivity contribution >= 4 is 10.0 Å². The lowest BCUT2D eigenvalue weighted by molar-refractivity contribution is 0.304. The van der Waals surface area contributed by atoms with Gasteiger partial charge in [0.25, 0.3) is 0 Å². The number of halogens is 1. The molecular formula is C22H24FN3O3S. The summed E-state index contributed by atoms with van der Waals surface area (Å²) in [7, 11) is -3.45. The Hall–Kier alpha value is -2.71. The van der Waals surface area contributed by atoms with Crippen LogP contribution < -0.4 is 4.74 Å². The second-order valence-corrected chi connectivity index (χ2v) is 9.28. The molecule has 1 aromatic heterocycles. The predicted octanol–water partition coefficient (Wildman–Crippen LogP) is 3.84. The fourth-order valence-corrected chi connectivity index (χ4v) is 5.54. The van der Waals surface area contributed by atoms with Gasteiger partial charge < -0.3 is 4.74 Å². The molecule has 0 bridgehead atoms. The molecule has 1 aliphatic rings. The molecule has 0 spiro atoms. The minimum absolute atomic E-state index is 0.0158. The zero-order valence-electron chi connectivity index (χ0n) is 16.5. The molecule has 158 valence electrons. The summed E-state index contributed by atoms with van der Waals surface area (Å²) < 4.78 is 46.7. The maximum absolute atomic E-state index is 13.6. The van der Waals surface area contributed by atoms with Gasteiger partial charge in [0, 0.05) is 18.7 Å². The van der Waals surface area contributed by atoms with Crippen LogP contribution in [0.1, 0.15) is 35.8 Å². The van der Waals surface area contributed by atoms with E-state index in [9.17, 15) is 12.8 Å². The molecule has 1 unspecified atom stereocenters. The van der Waals surface area contributed by atoms with Crippen molar-refractivity contribution in [1.82, 2.24) is 14.5 Å². The van der Waals surface area contributed by atoms with Gasteiger partial charge >= 0.3 is 0 Å². The Morgan fingerprint density at radius 1 is 1.13 bits per heavy atom. The molecule has 8 heteroatoms. The number of hydrogen-bond acceptors (Lipinski definition) is 4. The lowest BCUT2D eigenvalue weighted by Gasteiger charge is -2.22. The van der Waals surface area contributed by atoms with Crippen molar-refractivity contribution in [2.24, 2.45) is 0 Å². The Morgan fingerprint density at radius 2 is 1.90 bits per heavy atom. The molecule has 0 amide bonds. The van der Waals surface area contributed by atoms with Crippen molar-refractivity contribution < 1.29 is 17.5 Å². The first-order chi connectivity index (χ1) is 14.5. The summed E-state index contributed by atoms with van der Waals surface area (Å²) >= 11 is 0. The van der Waals surface area contributed by atoms with E-state index < -0.39 is 15.8 Å². The molecule has 2 aromatic carbocycles. The van der Waals surface area contributed by atoms with Crippen LogP contribution in [-0.4, -0.2) is 36.1 Å². The molecule has 1 fully saturated rings. The lowest BCUT2D eigenvalue weighted by Crippen LogP contribution is -2.31. The zero-order valence-corrected chi connectivity index (χ0v) is 17.3. The Morgan fingerprint density at radius 3 is 2.70 bits per heavy atom. The van der Waals surface area contributed by atoms with E-state index in [2.05, 4.69) is 10.2 Å². The van der Waals surface area contributed by atoms with Crippen molar-refractivity contribution in [3.63, 3.8) is 0 Å². The van der Waals surface area contributed by atoms with E-state index in [0.29, 0.717) is 25.3 Å². The number of hydrogen-bond donors (Lipinski definition) is 1. The van der Waals surface area contributed by atoms with E-state index in [1.54, 1.807) is 22.5 Å². The van der Waals surface area contributed by atoms with Gasteiger partial charge in [-0.2, -0.15) is 9.40 Å². The minimum Gasteiger partial charge on any atom is -0.490 e. The highest BCUT2D eigenvalue weighted by Gasteiger charge is 2.36. The third kappa shape index (κ3) is 4.71. The molecule has 6 nitrogen and oxygen atoms in total. The lowest BCUT2D eigenvalue weighted by atomic mass is 10.1. The molecule has 0 radical (unpaired) electrons. The van der Waals surface area contributed by atoms with Crippen molar-refractivity contribution in [2.45, 2.75) is 31.1 Å². The van der Waals surface area contributed by atoms with Crippen LogP contribution in [0.5, 0.6) is 5.75 Å². The highest BCUT2D eigenvalue weighted by Crippen LogP contribution is 2.34. The number of ether oxygens (including phenoxy) is 1. The van der Waals surface area contributed by atoms with E-state index in [1.165, 1.54) is 6.07 Å². The van der Waals surface area contributed by atoms with Crippen molar-refractivity contribution in [3.8, 4) is 5.75 Å². The monoisotopic (exact) mass is 429 g/mol. The van der Waals surface area contributed by atoms with E-state index in [1.807, 2.05) is 36.4 Å². The second kappa shape index (κ2) is 8.97. The predicted molar refractivity (Wildman–Crippen MR) is 112 cm³/mol. The van der Waals surface area contributed by atoms with E-state index in [-0.39, 0.29) is 17.5 Å². The van der Waals surface area contributed by atoms with Gasteiger partial charge in [0.1, 0.15) is 0 Å². The standard InChI is InChI=1S/C22H24FN3O3S/c23-19-9-4-5-11-22(19)29-14-12-18-15-20(25-24-18)21-10-6-13-26(21)30(27,28)16-17-7-2-1-3-8-17/h1-5,7-9,11,15,21H,6,10,12-14,16H2,(H,24,25). The fourth-order valence-electron chi connectivity index (χ4n) is 3.75. The van der Waals surface area contributed by atoms with Crippen LogP contribution in [0.3, 0.4) is 0 Å². The Bertz CT molecular complexity index is 1090. The highest BCUT2D eigenvalue weighted by atomic mass is 32.2.